The molecule has 1 aromatic heterocycles. The number of hydrogen-bond acceptors (Lipinski definition) is 4. The molecule has 0 aromatic carbocycles. The minimum absolute atomic E-state index is 0.259. The van der Waals surface area contributed by atoms with Gasteiger partial charge in [-0.3, -0.25) is 9.59 Å². The highest BCUT2D eigenvalue weighted by atomic mass is 32.2. The Morgan fingerprint density at radius 2 is 2.40 bits per heavy atom. The molecule has 0 saturated carbocycles. The number of aromatic nitrogens is 2. The van der Waals surface area contributed by atoms with Gasteiger partial charge in [0, 0.05) is 11.8 Å². The predicted octanol–water partition coefficient (Wildman–Crippen LogP) is 1.03. The minimum Gasteiger partial charge on any atom is -0.480 e. The SMILES string of the molecule is CCC(Sc1nc(C)cc(=O)[nH]1)C(=O)O. The average molecular weight is 228 g/mol. The molecule has 2 N–H and O–H groups in total. The monoisotopic (exact) mass is 228 g/mol. The molecule has 0 bridgehead atoms. The number of hydrogen-bond donors (Lipinski definition) is 2. The van der Waals surface area contributed by atoms with Crippen molar-refractivity contribution in [3.05, 3.63) is 22.1 Å². The van der Waals surface area contributed by atoms with E-state index in [0.717, 1.165) is 11.8 Å². The molecule has 0 saturated heterocycles. The summed E-state index contributed by atoms with van der Waals surface area (Å²) in [4.78, 5) is 28.4. The number of H-pyrrole nitrogens is 1. The summed E-state index contributed by atoms with van der Waals surface area (Å²) in [6.45, 7) is 3.47. The molecule has 1 aromatic rings. The van der Waals surface area contributed by atoms with Crippen molar-refractivity contribution in [2.45, 2.75) is 30.7 Å². The smallest absolute Gasteiger partial charge is 0.317 e. The van der Waals surface area contributed by atoms with Crippen molar-refractivity contribution < 1.29 is 9.90 Å². The average Bonchev–Trinajstić information content (AvgIpc) is 2.12. The highest BCUT2D eigenvalue weighted by Gasteiger charge is 2.17. The molecule has 1 rings (SSSR count). The lowest BCUT2D eigenvalue weighted by molar-refractivity contribution is -0.136. The molecule has 1 heterocycles. The minimum atomic E-state index is -0.897. The summed E-state index contributed by atoms with van der Waals surface area (Å²) < 4.78 is 0. The summed E-state index contributed by atoms with van der Waals surface area (Å²) >= 11 is 1.06. The van der Waals surface area contributed by atoms with Crippen LogP contribution in [0.1, 0.15) is 19.0 Å². The van der Waals surface area contributed by atoms with Crippen LogP contribution >= 0.6 is 11.8 Å². The van der Waals surface area contributed by atoms with E-state index >= 15 is 0 Å². The Morgan fingerprint density at radius 3 is 2.87 bits per heavy atom. The third-order valence-corrected chi connectivity index (χ3v) is 2.98. The molecule has 0 radical (unpaired) electrons. The van der Waals surface area contributed by atoms with Crippen LogP contribution < -0.4 is 5.56 Å². The zero-order valence-corrected chi connectivity index (χ0v) is 9.30. The van der Waals surface area contributed by atoms with Gasteiger partial charge in [0.2, 0.25) is 0 Å². The maximum atomic E-state index is 11.1. The van der Waals surface area contributed by atoms with E-state index < -0.39 is 11.2 Å². The van der Waals surface area contributed by atoms with Crippen molar-refractivity contribution in [2.75, 3.05) is 0 Å². The number of carboxylic acids is 1. The van der Waals surface area contributed by atoms with Crippen molar-refractivity contribution in [1.29, 1.82) is 0 Å². The number of thioether (sulfide) groups is 1. The second kappa shape index (κ2) is 4.97. The third-order valence-electron chi connectivity index (χ3n) is 1.75. The molecule has 6 heteroatoms. The lowest BCUT2D eigenvalue weighted by Gasteiger charge is -2.07. The van der Waals surface area contributed by atoms with Gasteiger partial charge in [0.15, 0.2) is 5.16 Å². The summed E-state index contributed by atoms with van der Waals surface area (Å²) in [5, 5.41) is 8.61. The quantitative estimate of drug-likeness (QED) is 0.594. The number of aromatic amines is 1. The van der Waals surface area contributed by atoms with Gasteiger partial charge in [0.25, 0.3) is 5.56 Å². The number of carboxylic acid groups (broad SMARTS) is 1. The summed E-state index contributed by atoms with van der Waals surface area (Å²) in [7, 11) is 0. The van der Waals surface area contributed by atoms with Crippen molar-refractivity contribution in [2.24, 2.45) is 0 Å². The number of rotatable bonds is 4. The molecule has 0 aliphatic heterocycles. The summed E-state index contributed by atoms with van der Waals surface area (Å²) in [6, 6.07) is 1.37. The van der Waals surface area contributed by atoms with E-state index in [9.17, 15) is 9.59 Å². The number of carbonyl (C=O) groups is 1. The zero-order valence-electron chi connectivity index (χ0n) is 8.48. The topological polar surface area (TPSA) is 83.0 Å². The van der Waals surface area contributed by atoms with Crippen LogP contribution in [0.5, 0.6) is 0 Å². The van der Waals surface area contributed by atoms with Gasteiger partial charge >= 0.3 is 5.97 Å². The highest BCUT2D eigenvalue weighted by Crippen LogP contribution is 2.21. The van der Waals surface area contributed by atoms with Crippen LogP contribution in [0.3, 0.4) is 0 Å². The van der Waals surface area contributed by atoms with E-state index in [4.69, 9.17) is 5.11 Å². The predicted molar refractivity (Wildman–Crippen MR) is 57.2 cm³/mol. The summed E-state index contributed by atoms with van der Waals surface area (Å²) in [5.74, 6) is -0.897. The molecule has 0 amide bonds. The van der Waals surface area contributed by atoms with Crippen LogP contribution in [-0.4, -0.2) is 26.3 Å². The fourth-order valence-corrected chi connectivity index (χ4v) is 1.94. The molecular weight excluding hydrogens is 216 g/mol. The number of nitrogens with one attached hydrogen (secondary N) is 1. The van der Waals surface area contributed by atoms with Crippen LogP contribution in [0, 0.1) is 6.92 Å². The fraction of sp³-hybridized carbons (Fsp3) is 0.444. The maximum absolute atomic E-state index is 11.1. The van der Waals surface area contributed by atoms with E-state index in [-0.39, 0.29) is 5.56 Å². The molecule has 0 aliphatic rings. The van der Waals surface area contributed by atoms with Gasteiger partial charge in [0.05, 0.1) is 0 Å². The van der Waals surface area contributed by atoms with Crippen LogP contribution in [0.25, 0.3) is 0 Å². The van der Waals surface area contributed by atoms with Crippen LogP contribution in [0.15, 0.2) is 16.0 Å². The highest BCUT2D eigenvalue weighted by molar-refractivity contribution is 8.00. The van der Waals surface area contributed by atoms with Gasteiger partial charge in [-0.2, -0.15) is 0 Å². The first-order valence-corrected chi connectivity index (χ1v) is 5.38. The van der Waals surface area contributed by atoms with Crippen LogP contribution in [-0.2, 0) is 4.79 Å². The molecule has 1 unspecified atom stereocenters. The fourth-order valence-electron chi connectivity index (χ4n) is 1.05. The third kappa shape index (κ3) is 3.39. The Hall–Kier alpha value is -1.30. The Bertz CT molecular complexity index is 416. The van der Waals surface area contributed by atoms with Gasteiger partial charge < -0.3 is 10.1 Å². The Labute approximate surface area is 90.9 Å². The van der Waals surface area contributed by atoms with E-state index in [0.29, 0.717) is 17.3 Å². The molecule has 5 nitrogen and oxygen atoms in total. The standard InChI is InChI=1S/C9H12N2O3S/c1-3-6(8(13)14)15-9-10-5(2)4-7(12)11-9/h4,6H,3H2,1-2H3,(H,13,14)(H,10,11,12). The zero-order chi connectivity index (χ0) is 11.4. The number of aliphatic carboxylic acids is 1. The molecule has 0 spiro atoms. The Morgan fingerprint density at radius 1 is 1.73 bits per heavy atom. The molecule has 15 heavy (non-hydrogen) atoms. The molecular formula is C9H12N2O3S. The van der Waals surface area contributed by atoms with Crippen LogP contribution in [0.4, 0.5) is 0 Å². The maximum Gasteiger partial charge on any atom is 0.317 e. The second-order valence-corrected chi connectivity index (χ2v) is 4.24. The molecule has 1 atom stereocenters. The Balaban J connectivity index is 2.88. The van der Waals surface area contributed by atoms with E-state index in [2.05, 4.69) is 9.97 Å². The lowest BCUT2D eigenvalue weighted by atomic mass is 10.3. The van der Waals surface area contributed by atoms with E-state index in [1.165, 1.54) is 6.07 Å². The van der Waals surface area contributed by atoms with Gasteiger partial charge in [-0.1, -0.05) is 18.7 Å². The largest absolute Gasteiger partial charge is 0.480 e. The van der Waals surface area contributed by atoms with Crippen molar-refractivity contribution in [3.63, 3.8) is 0 Å². The number of nitrogens with zero attached hydrogens (tertiary/aromatic N) is 1. The first-order chi connectivity index (χ1) is 7.02. The van der Waals surface area contributed by atoms with Crippen molar-refractivity contribution in [3.8, 4) is 0 Å². The lowest BCUT2D eigenvalue weighted by Crippen LogP contribution is -2.17. The molecule has 0 fully saturated rings. The number of aryl methyl sites for hydroxylation is 1. The van der Waals surface area contributed by atoms with Gasteiger partial charge in [0.1, 0.15) is 5.25 Å². The first kappa shape index (κ1) is 11.8. The van der Waals surface area contributed by atoms with Crippen molar-refractivity contribution >= 4 is 17.7 Å². The van der Waals surface area contributed by atoms with Gasteiger partial charge in [-0.05, 0) is 13.3 Å². The van der Waals surface area contributed by atoms with Crippen LogP contribution in [0.2, 0.25) is 0 Å². The van der Waals surface area contributed by atoms with Crippen molar-refractivity contribution in [1.82, 2.24) is 9.97 Å². The summed E-state index contributed by atoms with van der Waals surface area (Å²) in [6.07, 6.45) is 0.484. The molecule has 0 aliphatic carbocycles. The van der Waals surface area contributed by atoms with Gasteiger partial charge in [-0.25, -0.2) is 4.98 Å². The second-order valence-electron chi connectivity index (χ2n) is 3.04. The van der Waals surface area contributed by atoms with E-state index in [1.54, 1.807) is 13.8 Å². The first-order valence-electron chi connectivity index (χ1n) is 4.50. The molecule has 82 valence electrons. The van der Waals surface area contributed by atoms with E-state index in [1.807, 2.05) is 0 Å². The van der Waals surface area contributed by atoms with Gasteiger partial charge in [-0.15, -0.1) is 0 Å². The normalized spacial score (nSPS) is 12.4. The Kier molecular flexibility index (Phi) is 3.90. The summed E-state index contributed by atoms with van der Waals surface area (Å²) in [5.41, 5.74) is 0.326.